The van der Waals surface area contributed by atoms with E-state index in [9.17, 15) is 16.8 Å². The first-order valence-electron chi connectivity index (χ1n) is 5.94. The second kappa shape index (κ2) is 7.02. The van der Waals surface area contributed by atoms with E-state index >= 15 is 0 Å². The van der Waals surface area contributed by atoms with Gasteiger partial charge in [-0.1, -0.05) is 0 Å². The number of benzene rings is 1. The molecule has 1 aromatic rings. The third kappa shape index (κ3) is 5.08. The summed E-state index contributed by atoms with van der Waals surface area (Å²) in [6, 6.07) is 5.89. The average molecular weight is 322 g/mol. The lowest BCUT2D eigenvalue weighted by atomic mass is 10.3. The van der Waals surface area contributed by atoms with Gasteiger partial charge in [-0.25, -0.2) is 26.3 Å². The molecule has 0 aliphatic carbocycles. The van der Waals surface area contributed by atoms with Crippen LogP contribution < -0.4 is 14.2 Å². The third-order valence-electron chi connectivity index (χ3n) is 2.42. The van der Waals surface area contributed by atoms with Crippen molar-refractivity contribution in [1.29, 1.82) is 0 Å². The topological polar surface area (TPSA) is 102 Å². The van der Waals surface area contributed by atoms with Gasteiger partial charge in [-0.05, 0) is 38.2 Å². The minimum absolute atomic E-state index is 0.0582. The molecule has 0 amide bonds. The van der Waals surface area contributed by atoms with Gasteiger partial charge in [0.2, 0.25) is 20.0 Å². The van der Waals surface area contributed by atoms with Crippen LogP contribution in [0.3, 0.4) is 0 Å². The minimum Gasteiger partial charge on any atom is -0.494 e. The van der Waals surface area contributed by atoms with Crippen LogP contribution in [0.25, 0.3) is 0 Å². The van der Waals surface area contributed by atoms with Gasteiger partial charge in [0.15, 0.2) is 0 Å². The molecule has 0 unspecified atom stereocenters. The molecule has 1 aromatic carbocycles. The fourth-order valence-corrected chi connectivity index (χ4v) is 3.11. The smallest absolute Gasteiger partial charge is 0.240 e. The van der Waals surface area contributed by atoms with Gasteiger partial charge < -0.3 is 4.74 Å². The van der Waals surface area contributed by atoms with E-state index in [0.717, 1.165) is 0 Å². The molecule has 0 radical (unpaired) electrons. The molecule has 7 nitrogen and oxygen atoms in total. The maximum atomic E-state index is 11.9. The normalized spacial score (nSPS) is 12.3. The Morgan fingerprint density at radius 1 is 1.10 bits per heavy atom. The molecular formula is C11H18N2O5S2. The van der Waals surface area contributed by atoms with Crippen LogP contribution in [-0.2, 0) is 20.0 Å². The molecule has 9 heteroatoms. The van der Waals surface area contributed by atoms with E-state index in [4.69, 9.17) is 4.74 Å². The van der Waals surface area contributed by atoms with Crippen LogP contribution in [0.2, 0.25) is 0 Å². The molecule has 0 fully saturated rings. The van der Waals surface area contributed by atoms with Crippen LogP contribution in [-0.4, -0.2) is 42.8 Å². The van der Waals surface area contributed by atoms with Crippen molar-refractivity contribution in [2.75, 3.05) is 26.0 Å². The Balaban J connectivity index is 2.69. The summed E-state index contributed by atoms with van der Waals surface area (Å²) < 4.78 is 55.7. The van der Waals surface area contributed by atoms with E-state index in [0.29, 0.717) is 12.4 Å². The summed E-state index contributed by atoms with van der Waals surface area (Å²) in [6.45, 7) is 2.12. The molecule has 2 N–H and O–H groups in total. The minimum atomic E-state index is -3.72. The molecule has 0 aromatic heterocycles. The number of rotatable bonds is 8. The number of ether oxygens (including phenoxy) is 1. The molecule has 20 heavy (non-hydrogen) atoms. The Morgan fingerprint density at radius 3 is 2.20 bits per heavy atom. The first-order valence-corrected chi connectivity index (χ1v) is 9.08. The largest absolute Gasteiger partial charge is 0.494 e. The Morgan fingerprint density at radius 2 is 1.70 bits per heavy atom. The number of hydrogen-bond donors (Lipinski definition) is 2. The van der Waals surface area contributed by atoms with Crippen LogP contribution in [0.5, 0.6) is 5.75 Å². The van der Waals surface area contributed by atoms with Gasteiger partial charge in [0.25, 0.3) is 0 Å². The fraction of sp³-hybridized carbons (Fsp3) is 0.455. The molecule has 0 aliphatic heterocycles. The van der Waals surface area contributed by atoms with Crippen LogP contribution >= 0.6 is 0 Å². The summed E-state index contributed by atoms with van der Waals surface area (Å²) in [6.07, 6.45) is 0. The van der Waals surface area contributed by atoms with Gasteiger partial charge in [0, 0.05) is 6.54 Å². The Bertz CT molecular complexity index is 623. The molecule has 0 bridgehead atoms. The molecule has 1 rings (SSSR count). The quantitative estimate of drug-likeness (QED) is 0.697. The van der Waals surface area contributed by atoms with E-state index < -0.39 is 20.0 Å². The van der Waals surface area contributed by atoms with Crippen molar-refractivity contribution in [3.05, 3.63) is 24.3 Å². The van der Waals surface area contributed by atoms with E-state index in [2.05, 4.69) is 9.44 Å². The Labute approximate surface area is 119 Å². The maximum Gasteiger partial charge on any atom is 0.240 e. The summed E-state index contributed by atoms with van der Waals surface area (Å²) in [5.41, 5.74) is 0. The predicted molar refractivity (Wildman–Crippen MR) is 75.6 cm³/mol. The van der Waals surface area contributed by atoms with Crippen LogP contribution in [0.4, 0.5) is 0 Å². The van der Waals surface area contributed by atoms with Gasteiger partial charge >= 0.3 is 0 Å². The number of hydrogen-bond acceptors (Lipinski definition) is 5. The second-order valence-electron chi connectivity index (χ2n) is 3.83. The summed E-state index contributed by atoms with van der Waals surface area (Å²) in [7, 11) is -5.88. The van der Waals surface area contributed by atoms with Crippen molar-refractivity contribution in [3.63, 3.8) is 0 Å². The lowest BCUT2D eigenvalue weighted by Crippen LogP contribution is -2.32. The van der Waals surface area contributed by atoms with Crippen molar-refractivity contribution in [3.8, 4) is 5.75 Å². The van der Waals surface area contributed by atoms with Gasteiger partial charge in [-0.15, -0.1) is 0 Å². The van der Waals surface area contributed by atoms with Crippen molar-refractivity contribution in [2.24, 2.45) is 0 Å². The molecule has 0 aliphatic rings. The first kappa shape index (κ1) is 16.9. The molecule has 114 valence electrons. The highest BCUT2D eigenvalue weighted by Gasteiger charge is 2.15. The van der Waals surface area contributed by atoms with Gasteiger partial charge in [-0.2, -0.15) is 0 Å². The average Bonchev–Trinajstić information content (AvgIpc) is 2.39. The van der Waals surface area contributed by atoms with Crippen molar-refractivity contribution < 1.29 is 21.6 Å². The van der Waals surface area contributed by atoms with Gasteiger partial charge in [0.1, 0.15) is 5.75 Å². The monoisotopic (exact) mass is 322 g/mol. The van der Waals surface area contributed by atoms with Crippen molar-refractivity contribution in [1.82, 2.24) is 9.44 Å². The van der Waals surface area contributed by atoms with Gasteiger partial charge in [-0.3, -0.25) is 0 Å². The van der Waals surface area contributed by atoms with Crippen LogP contribution in [0.15, 0.2) is 29.2 Å². The summed E-state index contributed by atoms with van der Waals surface area (Å²) in [5, 5.41) is 0. The van der Waals surface area contributed by atoms with E-state index in [1.54, 1.807) is 12.1 Å². The molecule has 0 saturated carbocycles. The fourth-order valence-electron chi connectivity index (χ4n) is 1.38. The molecule has 0 spiro atoms. The number of sulfonamides is 2. The SMILES string of the molecule is CCOc1ccc(S(=O)(=O)NCCS(=O)(=O)NC)cc1. The molecule has 0 heterocycles. The number of nitrogens with one attached hydrogen (secondary N) is 2. The van der Waals surface area contributed by atoms with Crippen molar-refractivity contribution in [2.45, 2.75) is 11.8 Å². The summed E-state index contributed by atoms with van der Waals surface area (Å²) in [4.78, 5) is 0.0582. The molecule has 0 atom stereocenters. The standard InChI is InChI=1S/C11H18N2O5S2/c1-3-18-10-4-6-11(7-5-10)20(16,17)13-8-9-19(14,15)12-2/h4-7,12-13H,3,8-9H2,1-2H3. The molecule has 0 saturated heterocycles. The zero-order chi connectivity index (χ0) is 15.2. The first-order chi connectivity index (χ1) is 9.30. The van der Waals surface area contributed by atoms with Gasteiger partial charge in [0.05, 0.1) is 17.3 Å². The Hall–Kier alpha value is -1.16. The predicted octanol–water partition coefficient (Wildman–Crippen LogP) is -0.0872. The molecular weight excluding hydrogens is 304 g/mol. The van der Waals surface area contributed by atoms with Crippen LogP contribution in [0, 0.1) is 0 Å². The van der Waals surface area contributed by atoms with E-state index in [-0.39, 0.29) is 17.2 Å². The van der Waals surface area contributed by atoms with E-state index in [1.165, 1.54) is 19.2 Å². The highest BCUT2D eigenvalue weighted by Crippen LogP contribution is 2.15. The third-order valence-corrected chi connectivity index (χ3v) is 5.26. The Kier molecular flexibility index (Phi) is 5.93. The highest BCUT2D eigenvalue weighted by atomic mass is 32.2. The summed E-state index contributed by atoms with van der Waals surface area (Å²) >= 11 is 0. The zero-order valence-corrected chi connectivity index (χ0v) is 12.9. The highest BCUT2D eigenvalue weighted by molar-refractivity contribution is 7.90. The summed E-state index contributed by atoms with van der Waals surface area (Å²) in [5.74, 6) is 0.254. The second-order valence-corrected chi connectivity index (χ2v) is 7.64. The van der Waals surface area contributed by atoms with E-state index in [1.807, 2.05) is 6.92 Å². The lowest BCUT2D eigenvalue weighted by molar-refractivity contribution is 0.340. The van der Waals surface area contributed by atoms with Crippen molar-refractivity contribution >= 4 is 20.0 Å². The van der Waals surface area contributed by atoms with Crippen LogP contribution in [0.1, 0.15) is 6.92 Å². The lowest BCUT2D eigenvalue weighted by Gasteiger charge is -2.08. The maximum absolute atomic E-state index is 11.9. The zero-order valence-electron chi connectivity index (χ0n) is 11.3.